The Hall–Kier alpha value is -4.12. The number of aryl methyl sites for hydroxylation is 1. The van der Waals surface area contributed by atoms with Gasteiger partial charge in [-0.2, -0.15) is 5.26 Å². The molecule has 0 bridgehead atoms. The minimum Gasteiger partial charge on any atom is -0.456 e. The smallest absolute Gasteiger partial charge is 0.326 e. The number of carbonyl (C=O) groups excluding carboxylic acids is 2. The molecular weight excluding hydrogens is 382 g/mol. The van der Waals surface area contributed by atoms with Gasteiger partial charge in [-0.25, -0.2) is 4.98 Å². The summed E-state index contributed by atoms with van der Waals surface area (Å²) in [6.45, 7) is 1.38. The van der Waals surface area contributed by atoms with E-state index in [4.69, 9.17) is 4.74 Å². The van der Waals surface area contributed by atoms with Crippen molar-refractivity contribution in [2.75, 3.05) is 17.2 Å². The molecule has 8 nitrogen and oxygen atoms in total. The van der Waals surface area contributed by atoms with Crippen molar-refractivity contribution in [3.8, 4) is 6.07 Å². The molecule has 2 N–H and O–H groups in total. The fourth-order valence-corrected chi connectivity index (χ4v) is 3.35. The summed E-state index contributed by atoms with van der Waals surface area (Å²) in [6, 6.07) is 16.8. The molecule has 0 saturated carbocycles. The lowest BCUT2D eigenvalue weighted by Crippen LogP contribution is -2.21. The number of carbonyl (C=O) groups is 2. The van der Waals surface area contributed by atoms with Crippen LogP contribution in [0.15, 0.2) is 59.9 Å². The zero-order chi connectivity index (χ0) is 21.1. The number of hydrogen-bond acceptors (Lipinski definition) is 7. The zero-order valence-electron chi connectivity index (χ0n) is 16.3. The number of nitrogens with zero attached hydrogens (tertiary/aromatic N) is 3. The Morgan fingerprint density at radius 3 is 2.43 bits per heavy atom. The Morgan fingerprint density at radius 1 is 1.10 bits per heavy atom. The van der Waals surface area contributed by atoms with Crippen LogP contribution >= 0.6 is 0 Å². The molecule has 1 aliphatic heterocycles. The third-order valence-electron chi connectivity index (χ3n) is 4.79. The highest BCUT2D eigenvalue weighted by molar-refractivity contribution is 6.03. The molecular formula is C22H19N5O3. The van der Waals surface area contributed by atoms with E-state index in [0.717, 1.165) is 28.2 Å². The van der Waals surface area contributed by atoms with Gasteiger partial charge in [-0.3, -0.25) is 9.59 Å². The highest BCUT2D eigenvalue weighted by Gasteiger charge is 2.23. The molecule has 2 heterocycles. The summed E-state index contributed by atoms with van der Waals surface area (Å²) in [5.74, 6) is -0.107. The number of hydrogen-bond donors (Lipinski definition) is 2. The van der Waals surface area contributed by atoms with Crippen LogP contribution in [0.2, 0.25) is 0 Å². The second kappa shape index (κ2) is 8.09. The summed E-state index contributed by atoms with van der Waals surface area (Å²) in [7, 11) is 0. The highest BCUT2D eigenvalue weighted by Crippen LogP contribution is 2.31. The molecule has 1 aromatic heterocycles. The normalized spacial score (nSPS) is 11.9. The first-order valence-electron chi connectivity index (χ1n) is 9.51. The van der Waals surface area contributed by atoms with Crippen LogP contribution in [-0.4, -0.2) is 27.9 Å². The number of nitrogens with one attached hydrogen (secondary N) is 2. The highest BCUT2D eigenvalue weighted by atomic mass is 16.5. The maximum absolute atomic E-state index is 12.5. The number of esters is 1. The molecule has 0 radical (unpaired) electrons. The number of para-hydroxylation sites is 4. The quantitative estimate of drug-likeness (QED) is 0.371. The van der Waals surface area contributed by atoms with E-state index in [1.165, 1.54) is 0 Å². The minimum absolute atomic E-state index is 0.0582. The first kappa shape index (κ1) is 19.2. The van der Waals surface area contributed by atoms with Crippen molar-refractivity contribution in [3.05, 3.63) is 65.7 Å². The fourth-order valence-electron chi connectivity index (χ4n) is 3.35. The van der Waals surface area contributed by atoms with Gasteiger partial charge >= 0.3 is 5.97 Å². The Morgan fingerprint density at radius 2 is 1.77 bits per heavy atom. The summed E-state index contributed by atoms with van der Waals surface area (Å²) < 4.78 is 6.95. The number of aromatic nitrogens is 2. The first-order valence-corrected chi connectivity index (χ1v) is 9.51. The Kier molecular flexibility index (Phi) is 5.18. The molecule has 150 valence electrons. The Labute approximate surface area is 172 Å². The molecule has 0 atom stereocenters. The number of fused-ring (bicyclic) bond motifs is 2. The largest absolute Gasteiger partial charge is 0.456 e. The van der Waals surface area contributed by atoms with Crippen LogP contribution in [0.4, 0.5) is 11.4 Å². The lowest BCUT2D eigenvalue weighted by molar-refractivity contribution is -0.147. The number of imidazole rings is 1. The molecule has 3 aromatic rings. The van der Waals surface area contributed by atoms with Crippen molar-refractivity contribution in [1.82, 2.24) is 9.55 Å². The van der Waals surface area contributed by atoms with Crippen LogP contribution < -0.4 is 10.6 Å². The summed E-state index contributed by atoms with van der Waals surface area (Å²) in [6.07, 6.45) is 0.656. The Bertz CT molecular complexity index is 1190. The van der Waals surface area contributed by atoms with E-state index in [1.807, 2.05) is 61.5 Å². The SMILES string of the molecule is CCc1nc2ccccc2n1CC(=O)OCC(=O)C(C#N)=C1Nc2ccccc2N1. The molecule has 1 aliphatic rings. The van der Waals surface area contributed by atoms with Crippen LogP contribution in [0.1, 0.15) is 12.7 Å². The lowest BCUT2D eigenvalue weighted by Gasteiger charge is -2.09. The van der Waals surface area contributed by atoms with Crippen molar-refractivity contribution in [3.63, 3.8) is 0 Å². The number of anilines is 2. The standard InChI is InChI=1S/C22H19N5O3/c1-2-20-24-17-9-5-6-10-18(17)27(20)12-21(29)30-13-19(28)14(11-23)22-25-15-7-3-4-8-16(15)26-22/h3-10,25-26H,2,12-13H2,1H3. The van der Waals surface area contributed by atoms with Crippen LogP contribution in [0.3, 0.4) is 0 Å². The summed E-state index contributed by atoms with van der Waals surface area (Å²) in [5.41, 5.74) is 3.04. The van der Waals surface area contributed by atoms with E-state index in [-0.39, 0.29) is 17.9 Å². The number of Topliss-reactive ketones (excluding diaryl/α,β-unsaturated/α-hetero) is 1. The van der Waals surface area contributed by atoms with Gasteiger partial charge in [0.25, 0.3) is 0 Å². The molecule has 4 rings (SSSR count). The maximum atomic E-state index is 12.5. The van der Waals surface area contributed by atoms with Gasteiger partial charge in [0.2, 0.25) is 5.78 Å². The number of ketones is 1. The average Bonchev–Trinajstić information content (AvgIpc) is 3.34. The van der Waals surface area contributed by atoms with Gasteiger partial charge in [0.15, 0.2) is 6.61 Å². The van der Waals surface area contributed by atoms with E-state index < -0.39 is 18.4 Å². The molecule has 0 saturated heterocycles. The van der Waals surface area contributed by atoms with Crippen LogP contribution in [0.5, 0.6) is 0 Å². The van der Waals surface area contributed by atoms with Crippen LogP contribution in [-0.2, 0) is 27.3 Å². The van der Waals surface area contributed by atoms with E-state index >= 15 is 0 Å². The van der Waals surface area contributed by atoms with Crippen molar-refractivity contribution >= 4 is 34.2 Å². The van der Waals surface area contributed by atoms with Gasteiger partial charge < -0.3 is 19.9 Å². The van der Waals surface area contributed by atoms with Gasteiger partial charge in [-0.15, -0.1) is 0 Å². The maximum Gasteiger partial charge on any atom is 0.326 e. The molecule has 0 fully saturated rings. The lowest BCUT2D eigenvalue weighted by atomic mass is 10.2. The second-order valence-electron chi connectivity index (χ2n) is 6.70. The van der Waals surface area contributed by atoms with Crippen LogP contribution in [0, 0.1) is 11.3 Å². The second-order valence-corrected chi connectivity index (χ2v) is 6.70. The molecule has 8 heteroatoms. The van der Waals surface area contributed by atoms with Crippen molar-refractivity contribution in [2.24, 2.45) is 0 Å². The van der Waals surface area contributed by atoms with Crippen molar-refractivity contribution < 1.29 is 14.3 Å². The van der Waals surface area contributed by atoms with Gasteiger partial charge in [-0.1, -0.05) is 31.2 Å². The van der Waals surface area contributed by atoms with E-state index in [9.17, 15) is 14.9 Å². The third-order valence-corrected chi connectivity index (χ3v) is 4.79. The molecule has 2 aromatic carbocycles. The third kappa shape index (κ3) is 3.61. The Balaban J connectivity index is 1.44. The number of rotatable bonds is 6. The topological polar surface area (TPSA) is 109 Å². The number of benzene rings is 2. The molecule has 0 amide bonds. The number of ether oxygens (including phenoxy) is 1. The van der Waals surface area contributed by atoms with E-state index in [1.54, 1.807) is 4.57 Å². The summed E-state index contributed by atoms with van der Waals surface area (Å²) in [4.78, 5) is 29.4. The first-order chi connectivity index (χ1) is 14.6. The van der Waals surface area contributed by atoms with Gasteiger partial charge in [0, 0.05) is 6.42 Å². The van der Waals surface area contributed by atoms with Crippen molar-refractivity contribution in [1.29, 1.82) is 5.26 Å². The monoisotopic (exact) mass is 401 g/mol. The van der Waals surface area contributed by atoms with Gasteiger partial charge in [-0.05, 0) is 24.3 Å². The fraction of sp³-hybridized carbons (Fsp3) is 0.182. The molecule has 0 unspecified atom stereocenters. The predicted molar refractivity (Wildman–Crippen MR) is 111 cm³/mol. The summed E-state index contributed by atoms with van der Waals surface area (Å²) >= 11 is 0. The van der Waals surface area contributed by atoms with E-state index in [2.05, 4.69) is 15.6 Å². The molecule has 0 spiro atoms. The zero-order valence-corrected chi connectivity index (χ0v) is 16.3. The van der Waals surface area contributed by atoms with Gasteiger partial charge in [0.05, 0.1) is 22.4 Å². The predicted octanol–water partition coefficient (Wildman–Crippen LogP) is 2.98. The minimum atomic E-state index is -0.583. The number of nitriles is 1. The molecule has 0 aliphatic carbocycles. The van der Waals surface area contributed by atoms with Crippen molar-refractivity contribution in [2.45, 2.75) is 19.9 Å². The van der Waals surface area contributed by atoms with Crippen LogP contribution in [0.25, 0.3) is 11.0 Å². The van der Waals surface area contributed by atoms with E-state index in [0.29, 0.717) is 6.42 Å². The van der Waals surface area contributed by atoms with Gasteiger partial charge in [0.1, 0.15) is 29.8 Å². The molecule has 30 heavy (non-hydrogen) atoms. The average molecular weight is 401 g/mol. The summed E-state index contributed by atoms with van der Waals surface area (Å²) in [5, 5.41) is 15.4.